The number of nitrogens with one attached hydrogen (secondary N) is 1. The third kappa shape index (κ3) is 2.62. The Labute approximate surface area is 112 Å². The molecule has 3 N–H and O–H groups in total. The molecular formula is C11H12BrN3O3. The molecule has 2 rings (SSSR count). The van der Waals surface area contributed by atoms with Gasteiger partial charge >= 0.3 is 0 Å². The van der Waals surface area contributed by atoms with E-state index >= 15 is 0 Å². The highest BCUT2D eigenvalue weighted by atomic mass is 79.9. The molecule has 1 heterocycles. The van der Waals surface area contributed by atoms with E-state index in [9.17, 15) is 9.59 Å². The van der Waals surface area contributed by atoms with E-state index in [1.54, 1.807) is 12.1 Å². The Morgan fingerprint density at radius 1 is 1.56 bits per heavy atom. The van der Waals surface area contributed by atoms with Crippen molar-refractivity contribution in [3.05, 3.63) is 22.7 Å². The van der Waals surface area contributed by atoms with Crippen LogP contribution in [0.15, 0.2) is 22.7 Å². The van der Waals surface area contributed by atoms with Crippen molar-refractivity contribution in [2.24, 2.45) is 5.84 Å². The number of hydrogen-bond donors (Lipinski definition) is 2. The number of carbonyl (C=O) groups is 2. The first kappa shape index (κ1) is 12.8. The Kier molecular flexibility index (Phi) is 3.83. The van der Waals surface area contributed by atoms with E-state index in [1.807, 2.05) is 11.5 Å². The molecule has 2 amide bonds. The van der Waals surface area contributed by atoms with Crippen LogP contribution in [0.4, 0.5) is 5.69 Å². The first-order chi connectivity index (χ1) is 8.61. The SMILES string of the molecule is NNC(=O)CCN1C(=O)COc2ccc(Br)cc21. The predicted molar refractivity (Wildman–Crippen MR) is 68.9 cm³/mol. The van der Waals surface area contributed by atoms with Crippen LogP contribution in [-0.4, -0.2) is 25.0 Å². The van der Waals surface area contributed by atoms with Gasteiger partial charge in [-0.1, -0.05) is 15.9 Å². The molecule has 0 spiro atoms. The first-order valence-corrected chi connectivity index (χ1v) is 6.13. The van der Waals surface area contributed by atoms with Crippen molar-refractivity contribution in [2.45, 2.75) is 6.42 Å². The van der Waals surface area contributed by atoms with E-state index in [-0.39, 0.29) is 31.4 Å². The van der Waals surface area contributed by atoms with E-state index in [0.29, 0.717) is 11.4 Å². The highest BCUT2D eigenvalue weighted by Gasteiger charge is 2.25. The molecule has 6 nitrogen and oxygen atoms in total. The molecule has 18 heavy (non-hydrogen) atoms. The molecule has 96 valence electrons. The molecule has 0 aromatic heterocycles. The number of hydrazine groups is 1. The van der Waals surface area contributed by atoms with Gasteiger partial charge in [-0.2, -0.15) is 0 Å². The number of anilines is 1. The second kappa shape index (κ2) is 5.36. The summed E-state index contributed by atoms with van der Waals surface area (Å²) in [5.41, 5.74) is 2.70. The van der Waals surface area contributed by atoms with Crippen LogP contribution in [0.5, 0.6) is 5.75 Å². The van der Waals surface area contributed by atoms with Crippen LogP contribution in [0.3, 0.4) is 0 Å². The van der Waals surface area contributed by atoms with E-state index < -0.39 is 0 Å². The zero-order valence-electron chi connectivity index (χ0n) is 9.48. The zero-order chi connectivity index (χ0) is 13.1. The number of nitrogens with zero attached hydrogens (tertiary/aromatic N) is 1. The molecule has 0 saturated carbocycles. The van der Waals surface area contributed by atoms with Gasteiger partial charge in [-0.05, 0) is 18.2 Å². The Balaban J connectivity index is 2.21. The van der Waals surface area contributed by atoms with Crippen molar-refractivity contribution in [1.29, 1.82) is 0 Å². The molecule has 1 aliphatic heterocycles. The summed E-state index contributed by atoms with van der Waals surface area (Å²) in [7, 11) is 0. The van der Waals surface area contributed by atoms with Crippen LogP contribution in [-0.2, 0) is 9.59 Å². The van der Waals surface area contributed by atoms with Crippen LogP contribution in [0.1, 0.15) is 6.42 Å². The minimum Gasteiger partial charge on any atom is -0.482 e. The summed E-state index contributed by atoms with van der Waals surface area (Å²) in [6, 6.07) is 5.40. The number of carbonyl (C=O) groups excluding carboxylic acids is 2. The summed E-state index contributed by atoms with van der Waals surface area (Å²) < 4.78 is 6.16. The molecule has 0 fully saturated rings. The van der Waals surface area contributed by atoms with Crippen LogP contribution in [0.2, 0.25) is 0 Å². The lowest BCUT2D eigenvalue weighted by molar-refractivity contribution is -0.122. The minimum atomic E-state index is -0.314. The molecule has 0 radical (unpaired) electrons. The second-order valence-electron chi connectivity index (χ2n) is 3.76. The van der Waals surface area contributed by atoms with Gasteiger partial charge in [-0.3, -0.25) is 15.0 Å². The van der Waals surface area contributed by atoms with E-state index in [4.69, 9.17) is 10.6 Å². The van der Waals surface area contributed by atoms with Crippen LogP contribution in [0, 0.1) is 0 Å². The van der Waals surface area contributed by atoms with Gasteiger partial charge in [0.1, 0.15) is 5.75 Å². The third-order valence-corrected chi connectivity index (χ3v) is 3.08. The largest absolute Gasteiger partial charge is 0.482 e. The van der Waals surface area contributed by atoms with Gasteiger partial charge in [0.25, 0.3) is 5.91 Å². The maximum absolute atomic E-state index is 11.8. The predicted octanol–water partition coefficient (Wildman–Crippen LogP) is 0.555. The van der Waals surface area contributed by atoms with Gasteiger partial charge in [0.2, 0.25) is 5.91 Å². The van der Waals surface area contributed by atoms with Crippen molar-refractivity contribution in [3.63, 3.8) is 0 Å². The standard InChI is InChI=1S/C11H12BrN3O3/c12-7-1-2-9-8(5-7)15(11(17)6-18-9)4-3-10(16)14-13/h1-2,5H,3-4,6,13H2,(H,14,16). The highest BCUT2D eigenvalue weighted by molar-refractivity contribution is 9.10. The number of ether oxygens (including phenoxy) is 1. The molecule has 1 aliphatic rings. The van der Waals surface area contributed by atoms with Gasteiger partial charge in [-0.15, -0.1) is 0 Å². The second-order valence-corrected chi connectivity index (χ2v) is 4.68. The number of fused-ring (bicyclic) bond motifs is 1. The van der Waals surface area contributed by atoms with Crippen molar-refractivity contribution in [1.82, 2.24) is 5.43 Å². The lowest BCUT2D eigenvalue weighted by Gasteiger charge is -2.29. The maximum Gasteiger partial charge on any atom is 0.265 e. The molecule has 0 atom stereocenters. The number of rotatable bonds is 3. The number of hydrogen-bond acceptors (Lipinski definition) is 4. The van der Waals surface area contributed by atoms with Gasteiger partial charge in [0.05, 0.1) is 5.69 Å². The lowest BCUT2D eigenvalue weighted by atomic mass is 10.2. The fourth-order valence-electron chi connectivity index (χ4n) is 1.71. The fraction of sp³-hybridized carbons (Fsp3) is 0.273. The minimum absolute atomic E-state index is 0.0150. The Morgan fingerprint density at radius 3 is 3.06 bits per heavy atom. The summed E-state index contributed by atoms with van der Waals surface area (Å²) in [6.07, 6.45) is 0.147. The third-order valence-electron chi connectivity index (χ3n) is 2.59. The molecule has 1 aromatic carbocycles. The van der Waals surface area contributed by atoms with Crippen molar-refractivity contribution in [2.75, 3.05) is 18.1 Å². The first-order valence-electron chi connectivity index (χ1n) is 5.34. The van der Waals surface area contributed by atoms with Crippen molar-refractivity contribution >= 4 is 33.4 Å². The smallest absolute Gasteiger partial charge is 0.265 e. The van der Waals surface area contributed by atoms with Crippen LogP contribution >= 0.6 is 15.9 Å². The number of amides is 2. The summed E-state index contributed by atoms with van der Waals surface area (Å²) in [6.45, 7) is 0.257. The summed E-state index contributed by atoms with van der Waals surface area (Å²) >= 11 is 3.34. The van der Waals surface area contributed by atoms with Gasteiger partial charge in [0.15, 0.2) is 6.61 Å². The molecule has 0 unspecified atom stereocenters. The quantitative estimate of drug-likeness (QED) is 0.485. The number of nitrogens with two attached hydrogens (primary N) is 1. The normalized spacial score (nSPS) is 13.9. The van der Waals surface area contributed by atoms with E-state index in [0.717, 1.165) is 4.47 Å². The maximum atomic E-state index is 11.8. The van der Waals surface area contributed by atoms with Crippen LogP contribution in [0.25, 0.3) is 0 Å². The summed E-state index contributed by atoms with van der Waals surface area (Å²) in [5.74, 6) is 5.15. The van der Waals surface area contributed by atoms with Crippen molar-refractivity contribution < 1.29 is 14.3 Å². The summed E-state index contributed by atoms with van der Waals surface area (Å²) in [4.78, 5) is 24.4. The molecule has 0 aliphatic carbocycles. The molecule has 7 heteroatoms. The monoisotopic (exact) mass is 313 g/mol. The average molecular weight is 314 g/mol. The molecule has 0 saturated heterocycles. The molecule has 0 bridgehead atoms. The topological polar surface area (TPSA) is 84.7 Å². The van der Waals surface area contributed by atoms with Gasteiger partial charge in [0, 0.05) is 17.4 Å². The zero-order valence-corrected chi connectivity index (χ0v) is 11.1. The Bertz CT molecular complexity index is 492. The number of halogens is 1. The summed E-state index contributed by atoms with van der Waals surface area (Å²) in [5, 5.41) is 0. The average Bonchev–Trinajstić information content (AvgIpc) is 2.37. The molecule has 1 aromatic rings. The Hall–Kier alpha value is -1.60. The fourth-order valence-corrected chi connectivity index (χ4v) is 2.05. The van der Waals surface area contributed by atoms with Crippen LogP contribution < -0.4 is 20.9 Å². The van der Waals surface area contributed by atoms with Gasteiger partial charge < -0.3 is 9.64 Å². The van der Waals surface area contributed by atoms with Gasteiger partial charge in [-0.25, -0.2) is 5.84 Å². The van der Waals surface area contributed by atoms with Crippen molar-refractivity contribution in [3.8, 4) is 5.75 Å². The number of benzene rings is 1. The molecular weight excluding hydrogens is 302 g/mol. The Morgan fingerprint density at radius 2 is 2.33 bits per heavy atom. The highest BCUT2D eigenvalue weighted by Crippen LogP contribution is 2.34. The van der Waals surface area contributed by atoms with E-state index in [1.165, 1.54) is 4.90 Å². The van der Waals surface area contributed by atoms with E-state index in [2.05, 4.69) is 15.9 Å². The lowest BCUT2D eigenvalue weighted by Crippen LogP contribution is -2.41.